The fourth-order valence-electron chi connectivity index (χ4n) is 1.76. The molecule has 92 valence electrons. The highest BCUT2D eigenvalue weighted by atomic mass is 15.3. The van der Waals surface area contributed by atoms with Gasteiger partial charge in [0.15, 0.2) is 0 Å². The molecule has 0 aliphatic heterocycles. The third kappa shape index (κ3) is 2.11. The summed E-state index contributed by atoms with van der Waals surface area (Å²) in [5, 5.41) is 7.70. The second-order valence-corrected chi connectivity index (χ2v) is 4.00. The SMILES string of the molecule is CCn1nc(C)c(N)c1NC(C)c1ncc[nH]1. The number of rotatable bonds is 4. The molecule has 6 nitrogen and oxygen atoms in total. The molecule has 0 aliphatic carbocycles. The monoisotopic (exact) mass is 234 g/mol. The van der Waals surface area contributed by atoms with Crippen LogP contribution in [0.5, 0.6) is 0 Å². The highest BCUT2D eigenvalue weighted by Crippen LogP contribution is 2.25. The van der Waals surface area contributed by atoms with Gasteiger partial charge in [0.2, 0.25) is 0 Å². The molecule has 0 fully saturated rings. The number of nitrogens with zero attached hydrogens (tertiary/aromatic N) is 3. The lowest BCUT2D eigenvalue weighted by Crippen LogP contribution is -2.13. The molecule has 0 aromatic carbocycles. The number of hydrogen-bond donors (Lipinski definition) is 3. The molecule has 4 N–H and O–H groups in total. The third-order valence-electron chi connectivity index (χ3n) is 2.76. The summed E-state index contributed by atoms with van der Waals surface area (Å²) in [7, 11) is 0. The Hall–Kier alpha value is -1.98. The van der Waals surface area contributed by atoms with E-state index in [0.29, 0.717) is 5.69 Å². The van der Waals surface area contributed by atoms with Crippen LogP contribution >= 0.6 is 0 Å². The van der Waals surface area contributed by atoms with Gasteiger partial charge >= 0.3 is 0 Å². The molecule has 0 saturated carbocycles. The minimum Gasteiger partial charge on any atom is -0.394 e. The first-order valence-corrected chi connectivity index (χ1v) is 5.72. The number of H-pyrrole nitrogens is 1. The number of aryl methyl sites for hydroxylation is 2. The van der Waals surface area contributed by atoms with Gasteiger partial charge < -0.3 is 16.0 Å². The molecule has 0 spiro atoms. The molecule has 1 unspecified atom stereocenters. The maximum absolute atomic E-state index is 6.00. The van der Waals surface area contributed by atoms with E-state index in [4.69, 9.17) is 5.73 Å². The van der Waals surface area contributed by atoms with Crippen molar-refractivity contribution < 1.29 is 0 Å². The van der Waals surface area contributed by atoms with Gasteiger partial charge in [0.05, 0.1) is 17.4 Å². The smallest absolute Gasteiger partial charge is 0.148 e. The normalized spacial score (nSPS) is 12.6. The first-order valence-electron chi connectivity index (χ1n) is 5.72. The van der Waals surface area contributed by atoms with Crippen molar-refractivity contribution in [2.24, 2.45) is 0 Å². The summed E-state index contributed by atoms with van der Waals surface area (Å²) in [6.07, 6.45) is 3.54. The fraction of sp³-hybridized carbons (Fsp3) is 0.455. The summed E-state index contributed by atoms with van der Waals surface area (Å²) >= 11 is 0. The zero-order chi connectivity index (χ0) is 12.4. The van der Waals surface area contributed by atoms with Crippen LogP contribution in [0.4, 0.5) is 11.5 Å². The second kappa shape index (κ2) is 4.48. The third-order valence-corrected chi connectivity index (χ3v) is 2.76. The van der Waals surface area contributed by atoms with Crippen molar-refractivity contribution in [2.75, 3.05) is 11.1 Å². The molecular formula is C11H18N6. The molecule has 6 heteroatoms. The molecule has 0 aliphatic rings. The molecule has 2 rings (SSSR count). The first-order chi connectivity index (χ1) is 8.13. The summed E-state index contributed by atoms with van der Waals surface area (Å²) < 4.78 is 1.87. The minimum atomic E-state index is 0.0636. The van der Waals surface area contributed by atoms with Crippen LogP contribution in [-0.4, -0.2) is 19.7 Å². The van der Waals surface area contributed by atoms with Gasteiger partial charge in [0.1, 0.15) is 11.6 Å². The van der Waals surface area contributed by atoms with Crippen molar-refractivity contribution >= 4 is 11.5 Å². The van der Waals surface area contributed by atoms with Gasteiger partial charge in [-0.2, -0.15) is 5.10 Å². The van der Waals surface area contributed by atoms with Crippen molar-refractivity contribution in [2.45, 2.75) is 33.4 Å². The van der Waals surface area contributed by atoms with E-state index in [1.807, 2.05) is 25.5 Å². The number of hydrogen-bond acceptors (Lipinski definition) is 4. The number of anilines is 2. The van der Waals surface area contributed by atoms with Crippen LogP contribution in [0.3, 0.4) is 0 Å². The van der Waals surface area contributed by atoms with Gasteiger partial charge in [0.25, 0.3) is 0 Å². The maximum Gasteiger partial charge on any atom is 0.148 e. The van der Waals surface area contributed by atoms with Gasteiger partial charge in [-0.15, -0.1) is 0 Å². The Balaban J connectivity index is 2.24. The molecule has 1 atom stereocenters. The topological polar surface area (TPSA) is 84.6 Å². The number of imidazole rings is 1. The summed E-state index contributed by atoms with van der Waals surface area (Å²) in [6, 6.07) is 0.0636. The average molecular weight is 234 g/mol. The van der Waals surface area contributed by atoms with Crippen LogP contribution < -0.4 is 11.1 Å². The van der Waals surface area contributed by atoms with Gasteiger partial charge in [0, 0.05) is 18.9 Å². The molecular weight excluding hydrogens is 216 g/mol. The van der Waals surface area contributed by atoms with E-state index in [1.54, 1.807) is 12.4 Å². The van der Waals surface area contributed by atoms with Crippen molar-refractivity contribution in [1.29, 1.82) is 0 Å². The van der Waals surface area contributed by atoms with Gasteiger partial charge in [-0.25, -0.2) is 9.67 Å². The summed E-state index contributed by atoms with van der Waals surface area (Å²) in [5.41, 5.74) is 7.55. The van der Waals surface area contributed by atoms with E-state index >= 15 is 0 Å². The molecule has 0 radical (unpaired) electrons. The van der Waals surface area contributed by atoms with Crippen molar-refractivity contribution in [3.63, 3.8) is 0 Å². The lowest BCUT2D eigenvalue weighted by Gasteiger charge is -2.14. The van der Waals surface area contributed by atoms with Crippen molar-refractivity contribution in [3.05, 3.63) is 23.9 Å². The van der Waals surface area contributed by atoms with Gasteiger partial charge in [-0.1, -0.05) is 0 Å². The lowest BCUT2D eigenvalue weighted by molar-refractivity contribution is 0.648. The Bertz CT molecular complexity index is 484. The van der Waals surface area contributed by atoms with E-state index in [1.165, 1.54) is 0 Å². The first kappa shape index (κ1) is 11.5. The number of nitrogen functional groups attached to an aromatic ring is 1. The Labute approximate surface area is 100 Å². The zero-order valence-corrected chi connectivity index (χ0v) is 10.4. The molecule has 2 aromatic rings. The van der Waals surface area contributed by atoms with E-state index < -0.39 is 0 Å². The molecule has 17 heavy (non-hydrogen) atoms. The van der Waals surface area contributed by atoms with Crippen LogP contribution in [0.2, 0.25) is 0 Å². The van der Waals surface area contributed by atoms with Crippen LogP contribution in [-0.2, 0) is 6.54 Å². The van der Waals surface area contributed by atoms with E-state index in [2.05, 4.69) is 20.4 Å². The van der Waals surface area contributed by atoms with Crippen LogP contribution in [0.15, 0.2) is 12.4 Å². The van der Waals surface area contributed by atoms with Gasteiger partial charge in [-0.05, 0) is 20.8 Å². The largest absolute Gasteiger partial charge is 0.394 e. The van der Waals surface area contributed by atoms with Crippen LogP contribution in [0, 0.1) is 6.92 Å². The number of nitrogens with one attached hydrogen (secondary N) is 2. The van der Waals surface area contributed by atoms with Gasteiger partial charge in [-0.3, -0.25) is 0 Å². The molecule has 2 aromatic heterocycles. The van der Waals surface area contributed by atoms with E-state index in [-0.39, 0.29) is 6.04 Å². The van der Waals surface area contributed by atoms with Crippen molar-refractivity contribution in [1.82, 2.24) is 19.7 Å². The molecule has 0 saturated heterocycles. The molecule has 0 bridgehead atoms. The summed E-state index contributed by atoms with van der Waals surface area (Å²) in [4.78, 5) is 7.29. The predicted octanol–water partition coefficient (Wildman–Crippen LogP) is 1.69. The van der Waals surface area contributed by atoms with E-state index in [9.17, 15) is 0 Å². The van der Waals surface area contributed by atoms with Crippen LogP contribution in [0.25, 0.3) is 0 Å². The maximum atomic E-state index is 6.00. The Morgan fingerprint density at radius 1 is 1.59 bits per heavy atom. The van der Waals surface area contributed by atoms with E-state index in [0.717, 1.165) is 23.9 Å². The number of aromatic amines is 1. The Kier molecular flexibility index (Phi) is 3.03. The fourth-order valence-corrected chi connectivity index (χ4v) is 1.76. The second-order valence-electron chi connectivity index (χ2n) is 4.00. The highest BCUT2D eigenvalue weighted by molar-refractivity contribution is 5.65. The van der Waals surface area contributed by atoms with Crippen LogP contribution in [0.1, 0.15) is 31.4 Å². The highest BCUT2D eigenvalue weighted by Gasteiger charge is 2.15. The molecule has 0 amide bonds. The summed E-state index contributed by atoms with van der Waals surface area (Å²) in [6.45, 7) is 6.75. The predicted molar refractivity (Wildman–Crippen MR) is 67.7 cm³/mol. The average Bonchev–Trinajstić information content (AvgIpc) is 2.92. The standard InChI is InChI=1S/C11H18N6/c1-4-17-11(9(12)7(2)16-17)15-8(3)10-13-5-6-14-10/h5-6,8,15H,4,12H2,1-3H3,(H,13,14). The summed E-state index contributed by atoms with van der Waals surface area (Å²) in [5.74, 6) is 1.74. The quantitative estimate of drug-likeness (QED) is 0.751. The minimum absolute atomic E-state index is 0.0636. The number of nitrogens with two attached hydrogens (primary N) is 1. The lowest BCUT2D eigenvalue weighted by atomic mass is 10.3. The number of aromatic nitrogens is 4. The van der Waals surface area contributed by atoms with Crippen molar-refractivity contribution in [3.8, 4) is 0 Å². The Morgan fingerprint density at radius 3 is 2.94 bits per heavy atom. The zero-order valence-electron chi connectivity index (χ0n) is 10.4. The molecule has 2 heterocycles. The Morgan fingerprint density at radius 2 is 2.35 bits per heavy atom.